The molecule has 10 N–H and O–H groups in total. The third-order valence-corrected chi connectivity index (χ3v) is 16.5. The summed E-state index contributed by atoms with van der Waals surface area (Å²) in [6, 6.07) is 13.1. The summed E-state index contributed by atoms with van der Waals surface area (Å²) in [5.74, 6) is -2.83. The first-order valence-electron chi connectivity index (χ1n) is 21.9. The number of nitrogens with zero attached hydrogens (tertiary/aromatic N) is 9. The average Bonchev–Trinajstić information content (AvgIpc) is 2.58. The molecule has 0 saturated carbocycles. The number of fused-ring (bicyclic) bond motifs is 3. The van der Waals surface area contributed by atoms with Crippen molar-refractivity contribution in [3.05, 3.63) is 91.1 Å². The standard InChI is InChI=1S/C39H29N11O21S7.CO2.2O3S/c51-35-20-5-8-26(45-48-30-17-41-50(37(30)52)18-11-22-23(32(12-18)75(60,61)62)13-19(74(57,58)59)14-33(22)76(63,64)65)36(78(69,70)71)21(20)6-7-25(35)44-47-29-15-27(42-38(53)40-9-10-73(54,55)56)28(16-34(29)77(66,67)68)46-49-39-43-24-3-1-2-4-31(24)72-39;2-1-3;2*1-4(2)3/h1-8,11-17,51-52H,9-10H2,(H2,40,42,53)(H,54,55,56)(H,57,58,59)(H,60,61,62)(H,63,64,65)(H,66,67,68)(H,69,70,71);;;. The van der Waals surface area contributed by atoms with Crippen molar-refractivity contribution in [2.24, 2.45) is 30.7 Å². The van der Waals surface area contributed by atoms with Gasteiger partial charge in [-0.2, -0.15) is 69.9 Å². The molecule has 49 heteroatoms. The van der Waals surface area contributed by atoms with Crippen molar-refractivity contribution >= 4 is 176 Å². The Kier molecular flexibility index (Phi) is 22.0. The maximum atomic E-state index is 12.9. The van der Waals surface area contributed by atoms with E-state index in [0.717, 1.165) is 53.9 Å². The number of nitrogens with one attached hydrogen (secondary N) is 2. The summed E-state index contributed by atoms with van der Waals surface area (Å²) in [5, 5.41) is 51.4. The second-order valence-corrected chi connectivity index (χ2v) is 26.5. The molecule has 0 aliphatic carbocycles. The molecule has 8 aromatic rings. The van der Waals surface area contributed by atoms with E-state index in [0.29, 0.717) is 33.1 Å². The number of thiazole rings is 1. The van der Waals surface area contributed by atoms with Crippen LogP contribution in [0.25, 0.3) is 37.4 Å². The van der Waals surface area contributed by atoms with Gasteiger partial charge in [0, 0.05) is 28.1 Å². The largest absolute Gasteiger partial charge is 0.505 e. The second-order valence-electron chi connectivity index (χ2n) is 16.1. The van der Waals surface area contributed by atoms with Crippen molar-refractivity contribution in [2.45, 2.75) is 24.5 Å². The Morgan fingerprint density at radius 1 is 0.562 bits per heavy atom. The van der Waals surface area contributed by atoms with Crippen LogP contribution in [-0.2, 0) is 91.5 Å². The van der Waals surface area contributed by atoms with Crippen LogP contribution in [0.3, 0.4) is 0 Å². The highest BCUT2D eigenvalue weighted by atomic mass is 32.2. The Bertz CT molecular complexity index is 5240. The maximum Gasteiger partial charge on any atom is 0.425 e. The molecule has 0 fully saturated rings. The molecular formula is C40H29N11O29S9. The van der Waals surface area contributed by atoms with Gasteiger partial charge < -0.3 is 20.8 Å². The minimum Gasteiger partial charge on any atom is -0.505 e. The molecule has 89 heavy (non-hydrogen) atoms. The van der Waals surface area contributed by atoms with Gasteiger partial charge in [-0.25, -0.2) is 9.78 Å². The van der Waals surface area contributed by atoms with Gasteiger partial charge >= 0.3 is 33.4 Å². The van der Waals surface area contributed by atoms with E-state index in [1.807, 2.05) is 0 Å². The predicted octanol–water partition coefficient (Wildman–Crippen LogP) is 4.10. The maximum absolute atomic E-state index is 12.9. The number of benzene rings is 6. The van der Waals surface area contributed by atoms with Crippen molar-refractivity contribution in [3.8, 4) is 17.3 Å². The SMILES string of the molecule is O=C(NCCS(=O)(=O)O)Nc1cc(N=Nc2ccc3c(S(=O)(=O)O)c(N=Nc4cnn(-c5cc(S(=O)(=O)O)c6cc(S(=O)(=O)O)cc(S(=O)(=O)O)c6c5)c4O)ccc3c2O)c(S(=O)(=O)O)cc1N=Nc1nc2ccccc2s1.O=C=O.O=S(=O)=O.O=S(=O)=O. The zero-order valence-electron chi connectivity index (χ0n) is 42.4. The normalized spacial score (nSPS) is 12.2. The highest BCUT2D eigenvalue weighted by Crippen LogP contribution is 2.44. The van der Waals surface area contributed by atoms with Crippen molar-refractivity contribution in [1.82, 2.24) is 20.1 Å². The number of azo groups is 3. The second kappa shape index (κ2) is 27.8. The van der Waals surface area contributed by atoms with Gasteiger partial charge in [0.2, 0.25) is 11.0 Å². The van der Waals surface area contributed by atoms with Crippen LogP contribution in [0.15, 0.2) is 146 Å². The van der Waals surface area contributed by atoms with E-state index in [9.17, 15) is 88.3 Å². The van der Waals surface area contributed by atoms with Crippen LogP contribution >= 0.6 is 11.3 Å². The first-order chi connectivity index (χ1) is 41.0. The lowest BCUT2D eigenvalue weighted by atomic mass is 10.1. The Hall–Kier alpha value is -9.31. The molecule has 0 bridgehead atoms. The van der Waals surface area contributed by atoms with Crippen LogP contribution in [0.4, 0.5) is 44.1 Å². The van der Waals surface area contributed by atoms with Gasteiger partial charge in [-0.15, -0.1) is 55.9 Å². The number of urea groups is 1. The highest BCUT2D eigenvalue weighted by molar-refractivity contribution is 7.87. The zero-order chi connectivity index (χ0) is 66.9. The van der Waals surface area contributed by atoms with Gasteiger partial charge in [0.25, 0.3) is 60.7 Å². The highest BCUT2D eigenvalue weighted by Gasteiger charge is 2.28. The van der Waals surface area contributed by atoms with Crippen LogP contribution in [0, 0.1) is 0 Å². The number of hydrogen-bond acceptors (Lipinski definition) is 32. The average molecular weight is 1420 g/mol. The van der Waals surface area contributed by atoms with Crippen LogP contribution in [0.1, 0.15) is 0 Å². The molecule has 40 nitrogen and oxygen atoms in total. The van der Waals surface area contributed by atoms with Crippen molar-refractivity contribution < 1.29 is 128 Å². The number of phenols is 1. The Balaban J connectivity index is 0.00000121. The molecule has 0 atom stereocenters. The number of aromatic hydroxyl groups is 2. The van der Waals surface area contributed by atoms with E-state index < -0.39 is 192 Å². The summed E-state index contributed by atoms with van der Waals surface area (Å²) in [7, 11) is -37.5. The smallest absolute Gasteiger partial charge is 0.425 e. The molecule has 0 spiro atoms. The number of para-hydroxylation sites is 1. The van der Waals surface area contributed by atoms with Crippen LogP contribution < -0.4 is 10.6 Å². The van der Waals surface area contributed by atoms with Gasteiger partial charge in [0.15, 0.2) is 11.4 Å². The quantitative estimate of drug-likeness (QED) is 0.0481. The number of amides is 2. The molecule has 2 aromatic heterocycles. The molecule has 8 rings (SSSR count). The van der Waals surface area contributed by atoms with Crippen molar-refractivity contribution in [1.29, 1.82) is 0 Å². The summed E-state index contributed by atoms with van der Waals surface area (Å²) in [6.45, 7) is -0.609. The summed E-state index contributed by atoms with van der Waals surface area (Å²) in [6.07, 6.45) is 0.995. The van der Waals surface area contributed by atoms with Gasteiger partial charge in [-0.1, -0.05) is 29.5 Å². The fourth-order valence-electron chi connectivity index (χ4n) is 7.12. The number of anilines is 1. The van der Waals surface area contributed by atoms with Gasteiger partial charge in [0.05, 0.1) is 38.4 Å². The molecule has 0 aliphatic heterocycles. The Morgan fingerprint density at radius 3 is 1.64 bits per heavy atom. The molecule has 0 radical (unpaired) electrons. The lowest BCUT2D eigenvalue weighted by Crippen LogP contribution is -2.32. The van der Waals surface area contributed by atoms with Gasteiger partial charge in [-0.05, 0) is 66.7 Å². The van der Waals surface area contributed by atoms with Crippen LogP contribution in [0.2, 0.25) is 0 Å². The third-order valence-electron chi connectivity index (χ3n) is 10.4. The van der Waals surface area contributed by atoms with Crippen molar-refractivity contribution in [2.75, 3.05) is 17.6 Å². The Morgan fingerprint density at radius 2 is 1.08 bits per heavy atom. The summed E-state index contributed by atoms with van der Waals surface area (Å²) >= 11 is 1.08. The third kappa shape index (κ3) is 18.9. The predicted molar refractivity (Wildman–Crippen MR) is 294 cm³/mol. The van der Waals surface area contributed by atoms with E-state index in [1.54, 1.807) is 24.3 Å². The van der Waals surface area contributed by atoms with E-state index >= 15 is 0 Å². The van der Waals surface area contributed by atoms with E-state index in [1.165, 1.54) is 0 Å². The summed E-state index contributed by atoms with van der Waals surface area (Å²) in [4.78, 5) is 27.6. The molecular weight excluding hydrogens is 1390 g/mol. The molecule has 6 aromatic carbocycles. The summed E-state index contributed by atoms with van der Waals surface area (Å²) in [5.41, 5.74) is -3.49. The lowest BCUT2D eigenvalue weighted by molar-refractivity contribution is -0.191. The first-order valence-corrected chi connectivity index (χ1v) is 33.5. The van der Waals surface area contributed by atoms with E-state index in [4.69, 9.17) is 39.4 Å². The minimum absolute atomic E-state index is 0.0651. The molecule has 2 heterocycles. The number of phenolic OH excluding ortho intramolecular Hbond substituents is 1. The number of aromatic nitrogens is 3. The number of rotatable bonds is 16. The molecule has 0 saturated heterocycles. The Labute approximate surface area is 502 Å². The number of hydrogen-bond donors (Lipinski definition) is 10. The fourth-order valence-corrected chi connectivity index (χ4v) is 11.8. The molecule has 0 unspecified atom stereocenters. The number of carbonyl (C=O) groups excluding carboxylic acids is 3. The molecule has 0 aliphatic rings. The first kappa shape index (κ1) is 70.5. The monoisotopic (exact) mass is 1410 g/mol. The van der Waals surface area contributed by atoms with E-state index in [2.05, 4.69) is 51.4 Å². The lowest BCUT2D eigenvalue weighted by Gasteiger charge is -2.13. The molecule has 472 valence electrons. The van der Waals surface area contributed by atoms with Crippen LogP contribution in [-0.4, -0.2) is 153 Å². The van der Waals surface area contributed by atoms with Gasteiger partial charge in [-0.3, -0.25) is 27.3 Å². The topological polar surface area (TPSA) is 649 Å². The molecule has 2 amide bonds. The van der Waals surface area contributed by atoms with Crippen LogP contribution in [0.5, 0.6) is 11.6 Å². The summed E-state index contributed by atoms with van der Waals surface area (Å²) < 4.78 is 258. The van der Waals surface area contributed by atoms with E-state index in [-0.39, 0.29) is 23.0 Å². The fraction of sp³-hybridized carbons (Fsp3) is 0.0500. The zero-order valence-corrected chi connectivity index (χ0v) is 49.8. The number of carbonyl (C=O) groups is 1. The minimum atomic E-state index is -5.44. The van der Waals surface area contributed by atoms with Gasteiger partial charge in [0.1, 0.15) is 42.3 Å². The van der Waals surface area contributed by atoms with Crippen molar-refractivity contribution in [3.63, 3.8) is 0 Å².